The minimum absolute atomic E-state index is 0.00533. The Balaban J connectivity index is 2.21. The number of hydrogen-bond acceptors (Lipinski definition) is 4. The van der Waals surface area contributed by atoms with E-state index >= 15 is 0 Å². The molecule has 18 heavy (non-hydrogen) atoms. The van der Waals surface area contributed by atoms with Crippen LogP contribution in [0.1, 0.15) is 0 Å². The van der Waals surface area contributed by atoms with Crippen molar-refractivity contribution in [1.82, 2.24) is 0 Å². The van der Waals surface area contributed by atoms with Gasteiger partial charge < -0.3 is 10.5 Å². The van der Waals surface area contributed by atoms with Gasteiger partial charge in [-0.1, -0.05) is 11.6 Å². The SMILES string of the molecule is Nc1ccc(Oc2ccc([N+](=O)[O-])cc2)c(Cl)c1. The lowest BCUT2D eigenvalue weighted by Gasteiger charge is -2.07. The molecule has 0 aliphatic heterocycles. The standard InChI is InChI=1S/C12H9ClN2O3/c13-11-7-8(14)1-6-12(11)18-10-4-2-9(3-5-10)15(16)17/h1-7H,14H2. The summed E-state index contributed by atoms with van der Waals surface area (Å²) in [4.78, 5) is 10.0. The Bertz CT molecular complexity index is 584. The highest BCUT2D eigenvalue weighted by Gasteiger charge is 2.07. The Hall–Kier alpha value is -2.27. The van der Waals surface area contributed by atoms with Crippen molar-refractivity contribution in [2.45, 2.75) is 0 Å². The van der Waals surface area contributed by atoms with Crippen molar-refractivity contribution in [3.8, 4) is 11.5 Å². The van der Waals surface area contributed by atoms with Crippen LogP contribution >= 0.6 is 11.6 Å². The summed E-state index contributed by atoms with van der Waals surface area (Å²) in [6.07, 6.45) is 0. The fourth-order valence-corrected chi connectivity index (χ4v) is 1.59. The van der Waals surface area contributed by atoms with Crippen LogP contribution in [0.15, 0.2) is 42.5 Å². The molecule has 5 nitrogen and oxygen atoms in total. The Morgan fingerprint density at radius 1 is 1.17 bits per heavy atom. The van der Waals surface area contributed by atoms with E-state index in [1.165, 1.54) is 24.3 Å². The van der Waals surface area contributed by atoms with E-state index in [1.54, 1.807) is 18.2 Å². The summed E-state index contributed by atoms with van der Waals surface area (Å²) in [6.45, 7) is 0. The van der Waals surface area contributed by atoms with Crippen molar-refractivity contribution < 1.29 is 9.66 Å². The normalized spacial score (nSPS) is 10.1. The first-order valence-electron chi connectivity index (χ1n) is 5.03. The molecule has 0 aliphatic carbocycles. The number of nitro groups is 1. The summed E-state index contributed by atoms with van der Waals surface area (Å²) in [5.74, 6) is 0.909. The van der Waals surface area contributed by atoms with Crippen LogP contribution in [-0.2, 0) is 0 Å². The number of benzene rings is 2. The van der Waals surface area contributed by atoms with Gasteiger partial charge >= 0.3 is 0 Å². The number of nitrogen functional groups attached to an aromatic ring is 1. The van der Waals surface area contributed by atoms with Crippen molar-refractivity contribution in [1.29, 1.82) is 0 Å². The highest BCUT2D eigenvalue weighted by atomic mass is 35.5. The highest BCUT2D eigenvalue weighted by Crippen LogP contribution is 2.31. The quantitative estimate of drug-likeness (QED) is 0.522. The summed E-state index contributed by atoms with van der Waals surface area (Å²) < 4.78 is 5.49. The first-order chi connectivity index (χ1) is 8.56. The van der Waals surface area contributed by atoms with Crippen LogP contribution in [0.3, 0.4) is 0 Å². The number of nitro benzene ring substituents is 1. The van der Waals surface area contributed by atoms with Crippen LogP contribution in [0.5, 0.6) is 11.5 Å². The molecule has 0 heterocycles. The predicted octanol–water partition coefficient (Wildman–Crippen LogP) is 3.62. The van der Waals surface area contributed by atoms with Gasteiger partial charge in [0.15, 0.2) is 0 Å². The van der Waals surface area contributed by atoms with Gasteiger partial charge in [-0.05, 0) is 30.3 Å². The van der Waals surface area contributed by atoms with E-state index in [0.717, 1.165) is 0 Å². The molecule has 6 heteroatoms. The number of rotatable bonds is 3. The number of anilines is 1. The number of halogens is 1. The van der Waals surface area contributed by atoms with E-state index in [2.05, 4.69) is 0 Å². The summed E-state index contributed by atoms with van der Waals surface area (Å²) in [6, 6.07) is 10.6. The zero-order valence-electron chi connectivity index (χ0n) is 9.17. The second-order valence-corrected chi connectivity index (χ2v) is 3.95. The molecule has 2 rings (SSSR count). The Labute approximate surface area is 108 Å². The van der Waals surface area contributed by atoms with Gasteiger partial charge in [-0.3, -0.25) is 10.1 Å². The number of hydrogen-bond donors (Lipinski definition) is 1. The lowest BCUT2D eigenvalue weighted by Crippen LogP contribution is -1.90. The minimum Gasteiger partial charge on any atom is -0.456 e. The highest BCUT2D eigenvalue weighted by molar-refractivity contribution is 6.32. The average molecular weight is 265 g/mol. The number of ether oxygens (including phenoxy) is 1. The van der Waals surface area contributed by atoms with Crippen LogP contribution in [0.4, 0.5) is 11.4 Å². The average Bonchev–Trinajstić information content (AvgIpc) is 2.33. The molecular weight excluding hydrogens is 256 g/mol. The van der Waals surface area contributed by atoms with Gasteiger partial charge in [0, 0.05) is 17.8 Å². The van der Waals surface area contributed by atoms with Crippen molar-refractivity contribution in [2.24, 2.45) is 0 Å². The van der Waals surface area contributed by atoms with E-state index in [9.17, 15) is 10.1 Å². The smallest absolute Gasteiger partial charge is 0.269 e. The van der Waals surface area contributed by atoms with Gasteiger partial charge in [0.25, 0.3) is 5.69 Å². The molecule has 0 bridgehead atoms. The zero-order chi connectivity index (χ0) is 13.1. The maximum absolute atomic E-state index is 10.5. The summed E-state index contributed by atoms with van der Waals surface area (Å²) >= 11 is 5.95. The van der Waals surface area contributed by atoms with Crippen LogP contribution in [-0.4, -0.2) is 4.92 Å². The van der Waals surface area contributed by atoms with Crippen molar-refractivity contribution in [3.63, 3.8) is 0 Å². The molecule has 0 radical (unpaired) electrons. The molecule has 0 spiro atoms. The van der Waals surface area contributed by atoms with E-state index in [-0.39, 0.29) is 5.69 Å². The van der Waals surface area contributed by atoms with Crippen molar-refractivity contribution in [2.75, 3.05) is 5.73 Å². The first kappa shape index (κ1) is 12.2. The Kier molecular flexibility index (Phi) is 3.34. The predicted molar refractivity (Wildman–Crippen MR) is 69.0 cm³/mol. The van der Waals surface area contributed by atoms with E-state index in [1.807, 2.05) is 0 Å². The third-order valence-corrected chi connectivity index (χ3v) is 2.53. The summed E-state index contributed by atoms with van der Waals surface area (Å²) in [5, 5.41) is 10.9. The Morgan fingerprint density at radius 3 is 2.39 bits per heavy atom. The monoisotopic (exact) mass is 264 g/mol. The molecular formula is C12H9ClN2O3. The number of non-ortho nitro benzene ring substituents is 1. The van der Waals surface area contributed by atoms with Crippen LogP contribution in [0, 0.1) is 10.1 Å². The Morgan fingerprint density at radius 2 is 1.83 bits per heavy atom. The van der Waals surface area contributed by atoms with Crippen LogP contribution in [0.25, 0.3) is 0 Å². The van der Waals surface area contributed by atoms with Crippen LogP contribution < -0.4 is 10.5 Å². The molecule has 0 aliphatic rings. The van der Waals surface area contributed by atoms with Crippen molar-refractivity contribution in [3.05, 3.63) is 57.6 Å². The lowest BCUT2D eigenvalue weighted by molar-refractivity contribution is -0.384. The first-order valence-corrected chi connectivity index (χ1v) is 5.41. The topological polar surface area (TPSA) is 78.4 Å². The molecule has 2 aromatic carbocycles. The molecule has 2 N–H and O–H groups in total. The largest absolute Gasteiger partial charge is 0.456 e. The molecule has 0 atom stereocenters. The molecule has 2 aromatic rings. The number of nitrogens with two attached hydrogens (primary N) is 1. The molecule has 0 unspecified atom stereocenters. The van der Waals surface area contributed by atoms with Gasteiger partial charge in [0.05, 0.1) is 9.95 Å². The van der Waals surface area contributed by atoms with E-state index in [4.69, 9.17) is 22.1 Å². The van der Waals surface area contributed by atoms with Gasteiger partial charge in [-0.15, -0.1) is 0 Å². The maximum atomic E-state index is 10.5. The van der Waals surface area contributed by atoms with Gasteiger partial charge in [-0.2, -0.15) is 0 Å². The van der Waals surface area contributed by atoms with Gasteiger partial charge in [0.1, 0.15) is 11.5 Å². The van der Waals surface area contributed by atoms with Gasteiger partial charge in [-0.25, -0.2) is 0 Å². The lowest BCUT2D eigenvalue weighted by atomic mass is 10.3. The summed E-state index contributed by atoms with van der Waals surface area (Å²) in [7, 11) is 0. The number of nitrogens with zero attached hydrogens (tertiary/aromatic N) is 1. The molecule has 0 fully saturated rings. The molecule has 0 saturated heterocycles. The fraction of sp³-hybridized carbons (Fsp3) is 0. The third-order valence-electron chi connectivity index (χ3n) is 2.23. The van der Waals surface area contributed by atoms with E-state index in [0.29, 0.717) is 22.2 Å². The molecule has 0 amide bonds. The van der Waals surface area contributed by atoms with Crippen LogP contribution in [0.2, 0.25) is 5.02 Å². The molecule has 0 aromatic heterocycles. The zero-order valence-corrected chi connectivity index (χ0v) is 9.92. The van der Waals surface area contributed by atoms with E-state index < -0.39 is 4.92 Å². The second-order valence-electron chi connectivity index (χ2n) is 3.54. The maximum Gasteiger partial charge on any atom is 0.269 e. The molecule has 92 valence electrons. The fourth-order valence-electron chi connectivity index (χ4n) is 1.36. The third kappa shape index (κ3) is 2.70. The minimum atomic E-state index is -0.472. The summed E-state index contributed by atoms with van der Waals surface area (Å²) in [5.41, 5.74) is 6.10. The molecule has 0 saturated carbocycles. The van der Waals surface area contributed by atoms with Crippen molar-refractivity contribution >= 4 is 23.0 Å². The second kappa shape index (κ2) is 4.93. The van der Waals surface area contributed by atoms with Gasteiger partial charge in [0.2, 0.25) is 0 Å².